The van der Waals surface area contributed by atoms with E-state index in [-0.39, 0.29) is 30.2 Å². The summed E-state index contributed by atoms with van der Waals surface area (Å²) in [6.45, 7) is 0.618. The molecule has 2 unspecified atom stereocenters. The van der Waals surface area contributed by atoms with Gasteiger partial charge < -0.3 is 9.84 Å². The molecule has 3 N–H and O–H groups in total. The predicted molar refractivity (Wildman–Crippen MR) is 72.7 cm³/mol. The minimum atomic E-state index is -2.29. The molecule has 2 rings (SSSR count). The number of ether oxygens (including phenoxy) is 1. The van der Waals surface area contributed by atoms with Crippen molar-refractivity contribution in [2.24, 2.45) is 5.92 Å². The van der Waals surface area contributed by atoms with Gasteiger partial charge in [-0.3, -0.25) is 4.55 Å². The molecule has 1 aromatic rings. The first kappa shape index (κ1) is 16.4. The smallest absolute Gasteiger partial charge is 0.232 e. The zero-order valence-electron chi connectivity index (χ0n) is 11.2. The topological polar surface area (TPSA) is 78.8 Å². The van der Waals surface area contributed by atoms with Crippen LogP contribution in [-0.2, 0) is 22.5 Å². The molecule has 1 aliphatic heterocycles. The Hall–Kier alpha value is -0.930. The quantitative estimate of drug-likeness (QED) is 0.662. The number of hydrogen-bond donors (Lipinski definition) is 3. The number of aliphatic hydroxyl groups excluding tert-OH is 1. The van der Waals surface area contributed by atoms with Crippen molar-refractivity contribution in [2.75, 3.05) is 19.8 Å². The highest BCUT2D eigenvalue weighted by atomic mass is 32.2. The lowest BCUT2D eigenvalue weighted by atomic mass is 9.87. The van der Waals surface area contributed by atoms with E-state index in [2.05, 4.69) is 4.72 Å². The van der Waals surface area contributed by atoms with Gasteiger partial charge in [0.15, 0.2) is 0 Å². The van der Waals surface area contributed by atoms with Gasteiger partial charge in [0.1, 0.15) is 11.6 Å². The van der Waals surface area contributed by atoms with E-state index >= 15 is 0 Å². The molecule has 0 saturated carbocycles. The van der Waals surface area contributed by atoms with Crippen LogP contribution in [0.2, 0.25) is 0 Å². The maximum absolute atomic E-state index is 14.1. The highest BCUT2D eigenvalue weighted by Gasteiger charge is 2.26. The van der Waals surface area contributed by atoms with Crippen LogP contribution < -0.4 is 4.72 Å². The van der Waals surface area contributed by atoms with Crippen molar-refractivity contribution in [3.63, 3.8) is 0 Å². The average molecular weight is 321 g/mol. The van der Waals surface area contributed by atoms with E-state index < -0.39 is 28.8 Å². The maximum Gasteiger partial charge on any atom is 0.232 e. The van der Waals surface area contributed by atoms with Crippen molar-refractivity contribution in [1.29, 1.82) is 0 Å². The first-order chi connectivity index (χ1) is 10.0. The normalized spacial score (nSPS) is 18.3. The Morgan fingerprint density at radius 1 is 1.38 bits per heavy atom. The highest BCUT2D eigenvalue weighted by Crippen LogP contribution is 2.30. The van der Waals surface area contributed by atoms with Crippen LogP contribution in [0, 0.1) is 17.6 Å². The number of halogens is 2. The van der Waals surface area contributed by atoms with Gasteiger partial charge in [-0.05, 0) is 24.1 Å². The number of rotatable bonds is 7. The fourth-order valence-electron chi connectivity index (χ4n) is 2.31. The molecule has 1 heterocycles. The first-order valence-corrected chi connectivity index (χ1v) is 7.62. The van der Waals surface area contributed by atoms with Crippen LogP contribution in [0.4, 0.5) is 8.78 Å². The zero-order chi connectivity index (χ0) is 15.4. The fraction of sp³-hybridized carbons (Fsp3) is 0.538. The number of aliphatic hydroxyl groups is 1. The summed E-state index contributed by atoms with van der Waals surface area (Å²) in [6.07, 6.45) is 0.533. The molecule has 118 valence electrons. The van der Waals surface area contributed by atoms with Crippen LogP contribution in [0.1, 0.15) is 23.5 Å². The van der Waals surface area contributed by atoms with Gasteiger partial charge in [0.25, 0.3) is 0 Å². The third-order valence-corrected chi connectivity index (χ3v) is 3.93. The molecule has 8 heteroatoms. The standard InChI is InChI=1S/C13H17F2NO4S/c14-12-3-11(10(5-17)1-8-6-20-7-8)13(15)2-9(12)4-16-21(18)19/h2-3,8,10,16-17H,1,4-7H2,(H,18,19). The minimum Gasteiger partial charge on any atom is -0.396 e. The van der Waals surface area contributed by atoms with Crippen LogP contribution >= 0.6 is 0 Å². The molecule has 0 bridgehead atoms. The molecule has 21 heavy (non-hydrogen) atoms. The fourth-order valence-corrected chi connectivity index (χ4v) is 2.59. The van der Waals surface area contributed by atoms with E-state index in [1.165, 1.54) is 0 Å². The third-order valence-electron chi connectivity index (χ3n) is 3.54. The Kier molecular flexibility index (Phi) is 5.77. The van der Waals surface area contributed by atoms with Gasteiger partial charge in [-0.1, -0.05) is 0 Å². The Morgan fingerprint density at radius 2 is 2.10 bits per heavy atom. The van der Waals surface area contributed by atoms with E-state index in [9.17, 15) is 18.1 Å². The van der Waals surface area contributed by atoms with E-state index in [1.54, 1.807) is 0 Å². The molecule has 1 saturated heterocycles. The van der Waals surface area contributed by atoms with Crippen LogP contribution in [-0.4, -0.2) is 33.7 Å². The molecular weight excluding hydrogens is 304 g/mol. The van der Waals surface area contributed by atoms with Gasteiger partial charge in [-0.2, -0.15) is 0 Å². The second-order valence-corrected chi connectivity index (χ2v) is 5.84. The average Bonchev–Trinajstić information content (AvgIpc) is 2.39. The lowest BCUT2D eigenvalue weighted by Crippen LogP contribution is -2.30. The van der Waals surface area contributed by atoms with Crippen molar-refractivity contribution in [2.45, 2.75) is 18.9 Å². The molecule has 1 aromatic carbocycles. The largest absolute Gasteiger partial charge is 0.396 e. The van der Waals surface area contributed by atoms with E-state index in [1.807, 2.05) is 0 Å². The summed E-state index contributed by atoms with van der Waals surface area (Å²) in [4.78, 5) is 0. The van der Waals surface area contributed by atoms with Gasteiger partial charge in [-0.15, -0.1) is 0 Å². The lowest BCUT2D eigenvalue weighted by Gasteiger charge is -2.29. The molecule has 0 amide bonds. The maximum atomic E-state index is 14.1. The number of nitrogens with one attached hydrogen (secondary N) is 1. The summed E-state index contributed by atoms with van der Waals surface area (Å²) in [5, 5.41) is 9.39. The van der Waals surface area contributed by atoms with Crippen molar-refractivity contribution >= 4 is 11.3 Å². The highest BCUT2D eigenvalue weighted by molar-refractivity contribution is 7.77. The summed E-state index contributed by atoms with van der Waals surface area (Å²) in [5.41, 5.74) is 0.0816. The summed E-state index contributed by atoms with van der Waals surface area (Å²) in [6, 6.07) is 2.04. The molecule has 0 spiro atoms. The van der Waals surface area contributed by atoms with E-state index in [0.29, 0.717) is 19.6 Å². The Bertz CT molecular complexity index is 525. The van der Waals surface area contributed by atoms with Gasteiger partial charge >= 0.3 is 0 Å². The van der Waals surface area contributed by atoms with Crippen LogP contribution in [0.15, 0.2) is 12.1 Å². The van der Waals surface area contributed by atoms with Crippen molar-refractivity contribution in [3.8, 4) is 0 Å². The van der Waals surface area contributed by atoms with E-state index in [0.717, 1.165) is 12.1 Å². The summed E-state index contributed by atoms with van der Waals surface area (Å²) in [5.74, 6) is -1.53. The van der Waals surface area contributed by atoms with Gasteiger partial charge in [0, 0.05) is 23.9 Å². The second kappa shape index (κ2) is 7.37. The second-order valence-electron chi connectivity index (χ2n) is 5.05. The number of hydrogen-bond acceptors (Lipinski definition) is 3. The van der Waals surface area contributed by atoms with Gasteiger partial charge in [0.2, 0.25) is 11.3 Å². The van der Waals surface area contributed by atoms with E-state index in [4.69, 9.17) is 9.29 Å². The Labute approximate surface area is 123 Å². The molecular formula is C13H17F2NO4S. The third kappa shape index (κ3) is 4.27. The molecule has 0 aromatic heterocycles. The predicted octanol–water partition coefficient (Wildman–Crippen LogP) is 1.30. The van der Waals surface area contributed by atoms with Crippen LogP contribution in [0.3, 0.4) is 0 Å². The minimum absolute atomic E-state index is 0.0395. The van der Waals surface area contributed by atoms with Crippen LogP contribution in [0.25, 0.3) is 0 Å². The summed E-state index contributed by atoms with van der Waals surface area (Å²) in [7, 11) is 0. The zero-order valence-corrected chi connectivity index (χ0v) is 12.0. The van der Waals surface area contributed by atoms with Crippen molar-refractivity contribution in [3.05, 3.63) is 34.9 Å². The van der Waals surface area contributed by atoms with Gasteiger partial charge in [0.05, 0.1) is 19.8 Å². The van der Waals surface area contributed by atoms with Gasteiger partial charge in [-0.25, -0.2) is 17.7 Å². The molecule has 1 aliphatic rings. The van der Waals surface area contributed by atoms with Crippen molar-refractivity contribution < 1.29 is 27.4 Å². The monoisotopic (exact) mass is 321 g/mol. The summed E-state index contributed by atoms with van der Waals surface area (Å²) < 4.78 is 54.2. The summed E-state index contributed by atoms with van der Waals surface area (Å²) >= 11 is -2.29. The van der Waals surface area contributed by atoms with Crippen molar-refractivity contribution in [1.82, 2.24) is 4.72 Å². The molecule has 0 aliphatic carbocycles. The van der Waals surface area contributed by atoms with Crippen LogP contribution in [0.5, 0.6) is 0 Å². The molecule has 2 atom stereocenters. The lowest BCUT2D eigenvalue weighted by molar-refractivity contribution is -0.0406. The Balaban J connectivity index is 2.14. The molecule has 1 fully saturated rings. The SMILES string of the molecule is O=S(O)NCc1cc(F)c(C(CO)CC2COC2)cc1F. The number of benzene rings is 1. The molecule has 5 nitrogen and oxygen atoms in total. The Morgan fingerprint density at radius 3 is 2.62 bits per heavy atom. The molecule has 0 radical (unpaired) electrons. The first-order valence-electron chi connectivity index (χ1n) is 6.52.